The Morgan fingerprint density at radius 3 is 2.16 bits per heavy atom. The second kappa shape index (κ2) is 10.7. The van der Waals surface area contributed by atoms with E-state index >= 15 is 0 Å². The molecule has 3 aromatic carbocycles. The van der Waals surface area contributed by atoms with Crippen LogP contribution in [0.1, 0.15) is 39.8 Å². The molecule has 0 atom stereocenters. The molecule has 1 saturated heterocycles. The van der Waals surface area contributed by atoms with E-state index in [1.165, 1.54) is 0 Å². The SMILES string of the molecule is O=C(OCc1ccccc1)c1cc(I)cc(C2OCCCO2)c1OCc1ccccc1. The molecule has 1 heterocycles. The van der Waals surface area contributed by atoms with Gasteiger partial charge in [-0.05, 0) is 52.3 Å². The van der Waals surface area contributed by atoms with Crippen LogP contribution in [0, 0.1) is 3.57 Å². The predicted octanol–water partition coefficient (Wildman–Crippen LogP) is 5.66. The molecule has 160 valence electrons. The van der Waals surface area contributed by atoms with Crippen molar-refractivity contribution in [3.05, 3.63) is 98.6 Å². The summed E-state index contributed by atoms with van der Waals surface area (Å²) in [4.78, 5) is 13.1. The highest BCUT2D eigenvalue weighted by Crippen LogP contribution is 2.36. The van der Waals surface area contributed by atoms with Crippen molar-refractivity contribution in [1.82, 2.24) is 0 Å². The third-order valence-electron chi connectivity index (χ3n) is 4.82. The van der Waals surface area contributed by atoms with E-state index in [9.17, 15) is 4.79 Å². The van der Waals surface area contributed by atoms with Crippen LogP contribution in [0.2, 0.25) is 0 Å². The zero-order valence-electron chi connectivity index (χ0n) is 17.0. The van der Waals surface area contributed by atoms with Crippen LogP contribution in [0.5, 0.6) is 5.75 Å². The molecule has 5 nitrogen and oxygen atoms in total. The van der Waals surface area contributed by atoms with E-state index in [0.717, 1.165) is 21.1 Å². The topological polar surface area (TPSA) is 54.0 Å². The molecule has 0 aliphatic carbocycles. The first-order chi connectivity index (χ1) is 15.2. The molecule has 4 rings (SSSR count). The summed E-state index contributed by atoms with van der Waals surface area (Å²) in [5.74, 6) is -0.00304. The molecule has 0 radical (unpaired) electrons. The fourth-order valence-corrected chi connectivity index (χ4v) is 3.95. The van der Waals surface area contributed by atoms with Crippen LogP contribution in [0.3, 0.4) is 0 Å². The lowest BCUT2D eigenvalue weighted by Gasteiger charge is -2.26. The lowest BCUT2D eigenvalue weighted by atomic mass is 10.1. The van der Waals surface area contributed by atoms with E-state index in [1.54, 1.807) is 6.07 Å². The van der Waals surface area contributed by atoms with Crippen molar-refractivity contribution in [1.29, 1.82) is 0 Å². The molecule has 0 spiro atoms. The van der Waals surface area contributed by atoms with Gasteiger partial charge in [-0.1, -0.05) is 60.7 Å². The molecule has 0 N–H and O–H groups in total. The van der Waals surface area contributed by atoms with Gasteiger partial charge in [0.05, 0.1) is 18.8 Å². The first-order valence-electron chi connectivity index (χ1n) is 10.1. The Hall–Kier alpha value is -2.42. The fourth-order valence-electron chi connectivity index (χ4n) is 3.30. The summed E-state index contributed by atoms with van der Waals surface area (Å²) >= 11 is 2.18. The molecule has 0 saturated carbocycles. The summed E-state index contributed by atoms with van der Waals surface area (Å²) < 4.78 is 24.3. The minimum Gasteiger partial charge on any atom is -0.488 e. The normalized spacial score (nSPS) is 14.2. The van der Waals surface area contributed by atoms with Gasteiger partial charge in [0.25, 0.3) is 0 Å². The minimum absolute atomic E-state index is 0.190. The molecule has 0 amide bonds. The van der Waals surface area contributed by atoms with Crippen molar-refractivity contribution < 1.29 is 23.7 Å². The Morgan fingerprint density at radius 1 is 0.903 bits per heavy atom. The number of esters is 1. The number of hydrogen-bond donors (Lipinski definition) is 0. The number of halogens is 1. The molecule has 0 unspecified atom stereocenters. The molecule has 3 aromatic rings. The zero-order chi connectivity index (χ0) is 21.5. The van der Waals surface area contributed by atoms with Gasteiger partial charge in [0.15, 0.2) is 6.29 Å². The maximum atomic E-state index is 13.1. The molecule has 0 aromatic heterocycles. The molecular formula is C25H23IO5. The molecule has 0 bridgehead atoms. The highest BCUT2D eigenvalue weighted by molar-refractivity contribution is 14.1. The highest BCUT2D eigenvalue weighted by atomic mass is 127. The van der Waals surface area contributed by atoms with E-state index < -0.39 is 12.3 Å². The average molecular weight is 530 g/mol. The number of rotatable bonds is 7. The number of carbonyl (C=O) groups excluding carboxylic acids is 1. The van der Waals surface area contributed by atoms with E-state index in [-0.39, 0.29) is 6.61 Å². The van der Waals surface area contributed by atoms with Crippen molar-refractivity contribution in [2.45, 2.75) is 25.9 Å². The van der Waals surface area contributed by atoms with Crippen LogP contribution < -0.4 is 4.74 Å². The van der Waals surface area contributed by atoms with Crippen molar-refractivity contribution in [3.8, 4) is 5.75 Å². The summed E-state index contributed by atoms with van der Waals surface area (Å²) in [7, 11) is 0. The van der Waals surface area contributed by atoms with Crippen LogP contribution >= 0.6 is 22.6 Å². The summed E-state index contributed by atoms with van der Waals surface area (Å²) in [6.07, 6.45) is 0.266. The molecule has 1 aliphatic heterocycles. The van der Waals surface area contributed by atoms with Gasteiger partial charge in [-0.2, -0.15) is 0 Å². The van der Waals surface area contributed by atoms with E-state index in [4.69, 9.17) is 18.9 Å². The van der Waals surface area contributed by atoms with Crippen molar-refractivity contribution in [2.24, 2.45) is 0 Å². The lowest BCUT2D eigenvalue weighted by molar-refractivity contribution is -0.183. The largest absolute Gasteiger partial charge is 0.488 e. The van der Waals surface area contributed by atoms with E-state index in [0.29, 0.717) is 36.7 Å². The van der Waals surface area contributed by atoms with Gasteiger partial charge in [-0.3, -0.25) is 0 Å². The first-order valence-corrected chi connectivity index (χ1v) is 11.2. The Labute approximate surface area is 195 Å². The first kappa shape index (κ1) is 21.8. The van der Waals surface area contributed by atoms with Gasteiger partial charge < -0.3 is 18.9 Å². The predicted molar refractivity (Wildman–Crippen MR) is 125 cm³/mol. The Kier molecular flexibility index (Phi) is 7.56. The summed E-state index contributed by atoms with van der Waals surface area (Å²) in [5, 5.41) is 0. The average Bonchev–Trinajstić information content (AvgIpc) is 2.83. The monoisotopic (exact) mass is 530 g/mol. The molecule has 31 heavy (non-hydrogen) atoms. The van der Waals surface area contributed by atoms with Gasteiger partial charge >= 0.3 is 5.97 Å². The van der Waals surface area contributed by atoms with Crippen LogP contribution in [0.15, 0.2) is 72.8 Å². The number of carbonyl (C=O) groups is 1. The van der Waals surface area contributed by atoms with E-state index in [2.05, 4.69) is 22.6 Å². The van der Waals surface area contributed by atoms with Crippen LogP contribution in [0.25, 0.3) is 0 Å². The van der Waals surface area contributed by atoms with Crippen LogP contribution in [-0.2, 0) is 27.4 Å². The Bertz CT molecular complexity index is 1000. The minimum atomic E-state index is -0.574. The second-order valence-corrected chi connectivity index (χ2v) is 8.38. The van der Waals surface area contributed by atoms with Crippen molar-refractivity contribution in [3.63, 3.8) is 0 Å². The van der Waals surface area contributed by atoms with Gasteiger partial charge in [-0.15, -0.1) is 0 Å². The van der Waals surface area contributed by atoms with E-state index in [1.807, 2.05) is 66.7 Å². The molecule has 1 fully saturated rings. The number of ether oxygens (including phenoxy) is 4. The van der Waals surface area contributed by atoms with Gasteiger partial charge in [-0.25, -0.2) is 4.79 Å². The smallest absolute Gasteiger partial charge is 0.342 e. The van der Waals surface area contributed by atoms with Gasteiger partial charge in [0.2, 0.25) is 0 Å². The summed E-state index contributed by atoms with van der Waals surface area (Å²) in [5.41, 5.74) is 2.99. The Balaban J connectivity index is 1.62. The maximum absolute atomic E-state index is 13.1. The van der Waals surface area contributed by atoms with Gasteiger partial charge in [0.1, 0.15) is 24.5 Å². The maximum Gasteiger partial charge on any atom is 0.342 e. The third kappa shape index (κ3) is 5.84. The third-order valence-corrected chi connectivity index (χ3v) is 5.44. The van der Waals surface area contributed by atoms with Crippen molar-refractivity contribution >= 4 is 28.6 Å². The second-order valence-electron chi connectivity index (χ2n) is 7.13. The quantitative estimate of drug-likeness (QED) is 0.292. The van der Waals surface area contributed by atoms with Crippen LogP contribution in [0.4, 0.5) is 0 Å². The summed E-state index contributed by atoms with van der Waals surface area (Å²) in [6, 6.07) is 23.1. The fraction of sp³-hybridized carbons (Fsp3) is 0.240. The lowest BCUT2D eigenvalue weighted by Crippen LogP contribution is -2.20. The summed E-state index contributed by atoms with van der Waals surface area (Å²) in [6.45, 7) is 1.71. The molecule has 6 heteroatoms. The zero-order valence-corrected chi connectivity index (χ0v) is 19.1. The number of benzene rings is 3. The highest BCUT2D eigenvalue weighted by Gasteiger charge is 2.27. The number of hydrogen-bond acceptors (Lipinski definition) is 5. The Morgan fingerprint density at radius 2 is 1.52 bits per heavy atom. The van der Waals surface area contributed by atoms with Gasteiger partial charge in [0, 0.05) is 3.57 Å². The molecule has 1 aliphatic rings. The van der Waals surface area contributed by atoms with Crippen molar-refractivity contribution in [2.75, 3.05) is 13.2 Å². The molecular weight excluding hydrogens is 507 g/mol. The van der Waals surface area contributed by atoms with Crippen LogP contribution in [-0.4, -0.2) is 19.2 Å². The standard InChI is InChI=1S/C25H23IO5/c26-20-14-21(24(27)31-17-19-10-5-2-6-11-19)23(30-16-18-8-3-1-4-9-18)22(15-20)25-28-12-7-13-29-25/h1-6,8-11,14-15,25H,7,12-13,16-17H2.